The van der Waals surface area contributed by atoms with E-state index in [-0.39, 0.29) is 0 Å². The summed E-state index contributed by atoms with van der Waals surface area (Å²) in [7, 11) is -3.55. The van der Waals surface area contributed by atoms with E-state index in [1.165, 1.54) is 0 Å². The molecule has 2 aromatic carbocycles. The summed E-state index contributed by atoms with van der Waals surface area (Å²) in [5.74, 6) is 0.827. The molecule has 0 atom stereocenters. The Kier molecular flexibility index (Phi) is 6.48. The van der Waals surface area contributed by atoms with Crippen LogP contribution in [0.25, 0.3) is 0 Å². The van der Waals surface area contributed by atoms with Crippen molar-refractivity contribution < 1.29 is 13.2 Å². The van der Waals surface area contributed by atoms with Gasteiger partial charge in [0.25, 0.3) is 0 Å². The van der Waals surface area contributed by atoms with Crippen LogP contribution in [0.15, 0.2) is 29.2 Å². The molecule has 0 unspecified atom stereocenters. The van der Waals surface area contributed by atoms with Crippen LogP contribution >= 0.6 is 0 Å². The van der Waals surface area contributed by atoms with Gasteiger partial charge in [0.05, 0.1) is 11.5 Å². The van der Waals surface area contributed by atoms with Gasteiger partial charge in [0.2, 0.25) is 10.0 Å². The number of sulfonamides is 1. The average Bonchev–Trinajstić information content (AvgIpc) is 2.60. The first-order valence-electron chi connectivity index (χ1n) is 8.97. The van der Waals surface area contributed by atoms with Crippen LogP contribution in [0.4, 0.5) is 0 Å². The van der Waals surface area contributed by atoms with E-state index in [1.54, 1.807) is 0 Å². The standard InChI is InChI=1S/C21H29NO3S/c1-7-25-20-10-8-19(9-11-20)12-13-22-26(23,24)21-17(5)15(3)14(2)16(4)18(21)6/h8-11,22H,7,12-13H2,1-6H3. The molecule has 0 aliphatic rings. The fourth-order valence-corrected chi connectivity index (χ4v) is 4.82. The molecule has 0 aliphatic heterocycles. The van der Waals surface area contributed by atoms with Gasteiger partial charge in [0.15, 0.2) is 0 Å². The summed E-state index contributed by atoms with van der Waals surface area (Å²) in [4.78, 5) is 0.421. The monoisotopic (exact) mass is 375 g/mol. The van der Waals surface area contributed by atoms with Gasteiger partial charge in [-0.3, -0.25) is 0 Å². The number of rotatable bonds is 7. The zero-order valence-electron chi connectivity index (χ0n) is 16.6. The largest absolute Gasteiger partial charge is 0.494 e. The second-order valence-electron chi connectivity index (χ2n) is 6.68. The van der Waals surface area contributed by atoms with Gasteiger partial charge in [-0.2, -0.15) is 0 Å². The Morgan fingerprint density at radius 1 is 0.846 bits per heavy atom. The molecule has 0 radical (unpaired) electrons. The molecule has 5 heteroatoms. The van der Waals surface area contributed by atoms with E-state index < -0.39 is 10.0 Å². The predicted octanol–water partition coefficient (Wildman–Crippen LogP) is 4.15. The van der Waals surface area contributed by atoms with E-state index in [9.17, 15) is 8.42 Å². The first-order valence-corrected chi connectivity index (χ1v) is 10.5. The SMILES string of the molecule is CCOc1ccc(CCNS(=O)(=O)c2c(C)c(C)c(C)c(C)c2C)cc1. The summed E-state index contributed by atoms with van der Waals surface area (Å²) in [5, 5.41) is 0. The van der Waals surface area contributed by atoms with Crippen molar-refractivity contribution in [1.29, 1.82) is 0 Å². The molecule has 142 valence electrons. The molecule has 0 amide bonds. The first-order chi connectivity index (χ1) is 12.2. The van der Waals surface area contributed by atoms with E-state index in [1.807, 2.05) is 65.8 Å². The maximum absolute atomic E-state index is 12.9. The highest BCUT2D eigenvalue weighted by molar-refractivity contribution is 7.89. The Bertz CT molecular complexity index is 855. The minimum atomic E-state index is -3.55. The van der Waals surface area contributed by atoms with Crippen molar-refractivity contribution in [2.75, 3.05) is 13.2 Å². The van der Waals surface area contributed by atoms with Gasteiger partial charge < -0.3 is 4.74 Å². The van der Waals surface area contributed by atoms with Crippen LogP contribution in [0, 0.1) is 34.6 Å². The number of ether oxygens (including phenoxy) is 1. The molecule has 0 spiro atoms. The minimum Gasteiger partial charge on any atom is -0.494 e. The Labute approximate surface area is 157 Å². The fraction of sp³-hybridized carbons (Fsp3) is 0.429. The molecule has 0 aromatic heterocycles. The van der Waals surface area contributed by atoms with Crippen molar-refractivity contribution in [2.24, 2.45) is 0 Å². The van der Waals surface area contributed by atoms with E-state index in [4.69, 9.17) is 4.74 Å². The van der Waals surface area contributed by atoms with E-state index >= 15 is 0 Å². The normalized spacial score (nSPS) is 11.6. The Balaban J connectivity index is 2.15. The molecule has 2 rings (SSSR count). The van der Waals surface area contributed by atoms with Crippen LogP contribution in [0.2, 0.25) is 0 Å². The van der Waals surface area contributed by atoms with E-state index in [0.717, 1.165) is 39.1 Å². The lowest BCUT2D eigenvalue weighted by Crippen LogP contribution is -2.28. The molecule has 0 aliphatic carbocycles. The van der Waals surface area contributed by atoms with Crippen LogP contribution in [0.5, 0.6) is 5.75 Å². The van der Waals surface area contributed by atoms with Gasteiger partial charge in [-0.1, -0.05) is 12.1 Å². The molecule has 26 heavy (non-hydrogen) atoms. The lowest BCUT2D eigenvalue weighted by Gasteiger charge is -2.19. The van der Waals surface area contributed by atoms with Gasteiger partial charge in [-0.05, 0) is 93.5 Å². The first kappa shape index (κ1) is 20.5. The second-order valence-corrected chi connectivity index (χ2v) is 8.38. The smallest absolute Gasteiger partial charge is 0.241 e. The van der Waals surface area contributed by atoms with Gasteiger partial charge in [0, 0.05) is 6.54 Å². The number of hydrogen-bond acceptors (Lipinski definition) is 3. The maximum Gasteiger partial charge on any atom is 0.241 e. The molecule has 0 fully saturated rings. The summed E-state index contributed by atoms with van der Waals surface area (Å²) < 4.78 is 34.0. The highest BCUT2D eigenvalue weighted by Crippen LogP contribution is 2.29. The van der Waals surface area contributed by atoms with Crippen LogP contribution < -0.4 is 9.46 Å². The predicted molar refractivity (Wildman–Crippen MR) is 107 cm³/mol. The molecule has 0 heterocycles. The highest BCUT2D eigenvalue weighted by atomic mass is 32.2. The van der Waals surface area contributed by atoms with Crippen LogP contribution in [0.1, 0.15) is 40.3 Å². The third kappa shape index (κ3) is 4.27. The zero-order valence-corrected chi connectivity index (χ0v) is 17.4. The van der Waals surface area contributed by atoms with Crippen LogP contribution in [-0.2, 0) is 16.4 Å². The number of benzene rings is 2. The summed E-state index contributed by atoms with van der Waals surface area (Å²) in [6.07, 6.45) is 0.632. The van der Waals surface area contributed by atoms with Gasteiger partial charge in [0.1, 0.15) is 5.75 Å². The molecule has 1 N–H and O–H groups in total. The molecule has 0 saturated heterocycles. The van der Waals surface area contributed by atoms with E-state index in [0.29, 0.717) is 24.5 Å². The summed E-state index contributed by atoms with van der Waals surface area (Å²) in [5.41, 5.74) is 5.98. The minimum absolute atomic E-state index is 0.362. The van der Waals surface area contributed by atoms with Crippen LogP contribution in [-0.4, -0.2) is 21.6 Å². The quantitative estimate of drug-likeness (QED) is 0.791. The summed E-state index contributed by atoms with van der Waals surface area (Å²) in [6, 6.07) is 7.76. The van der Waals surface area contributed by atoms with Gasteiger partial charge >= 0.3 is 0 Å². The molecule has 2 aromatic rings. The van der Waals surface area contributed by atoms with Crippen molar-refractivity contribution in [1.82, 2.24) is 4.72 Å². The van der Waals surface area contributed by atoms with Gasteiger partial charge in [-0.15, -0.1) is 0 Å². The maximum atomic E-state index is 12.9. The molecular weight excluding hydrogens is 346 g/mol. The third-order valence-corrected chi connectivity index (χ3v) is 6.87. The third-order valence-electron chi connectivity index (χ3n) is 5.14. The van der Waals surface area contributed by atoms with Crippen molar-refractivity contribution in [3.8, 4) is 5.75 Å². The highest BCUT2D eigenvalue weighted by Gasteiger charge is 2.23. The summed E-state index contributed by atoms with van der Waals surface area (Å²) >= 11 is 0. The average molecular weight is 376 g/mol. The molecule has 0 bridgehead atoms. The van der Waals surface area contributed by atoms with Crippen molar-refractivity contribution >= 4 is 10.0 Å². The number of nitrogens with one attached hydrogen (secondary N) is 1. The number of hydrogen-bond donors (Lipinski definition) is 1. The molecule has 0 saturated carbocycles. The zero-order chi connectivity index (χ0) is 19.5. The Hall–Kier alpha value is -1.85. The lowest BCUT2D eigenvalue weighted by atomic mass is 9.95. The van der Waals surface area contributed by atoms with Crippen molar-refractivity contribution in [3.05, 3.63) is 57.6 Å². The molecule has 4 nitrogen and oxygen atoms in total. The van der Waals surface area contributed by atoms with E-state index in [2.05, 4.69) is 4.72 Å². The van der Waals surface area contributed by atoms with Gasteiger partial charge in [-0.25, -0.2) is 13.1 Å². The lowest BCUT2D eigenvalue weighted by molar-refractivity contribution is 0.340. The Morgan fingerprint density at radius 2 is 1.35 bits per heavy atom. The topological polar surface area (TPSA) is 55.4 Å². The van der Waals surface area contributed by atoms with Crippen molar-refractivity contribution in [3.63, 3.8) is 0 Å². The second kappa shape index (κ2) is 8.23. The van der Waals surface area contributed by atoms with Crippen LogP contribution in [0.3, 0.4) is 0 Å². The Morgan fingerprint density at radius 3 is 1.85 bits per heavy atom. The fourth-order valence-electron chi connectivity index (χ4n) is 3.19. The summed E-state index contributed by atoms with van der Waals surface area (Å²) in [6.45, 7) is 12.7. The molecular formula is C21H29NO3S. The van der Waals surface area contributed by atoms with Crippen molar-refractivity contribution in [2.45, 2.75) is 52.9 Å².